The van der Waals surface area contributed by atoms with Gasteiger partial charge in [0.1, 0.15) is 28.6 Å². The van der Waals surface area contributed by atoms with E-state index in [1.54, 1.807) is 20.2 Å². The van der Waals surface area contributed by atoms with Crippen LogP contribution in [-0.2, 0) is 12.8 Å². The largest absolute Gasteiger partial charge is 0.497 e. The molecule has 4 rings (SSSR count). The predicted molar refractivity (Wildman–Crippen MR) is 109 cm³/mol. The lowest BCUT2D eigenvalue weighted by Crippen LogP contribution is -2.12. The summed E-state index contributed by atoms with van der Waals surface area (Å²) < 4.78 is 10.3. The highest BCUT2D eigenvalue weighted by Crippen LogP contribution is 2.27. The first-order valence-corrected chi connectivity index (χ1v) is 9.20. The van der Waals surface area contributed by atoms with Crippen LogP contribution in [0, 0.1) is 6.92 Å². The number of fused-ring (bicyclic) bond motifs is 1. The zero-order valence-electron chi connectivity index (χ0n) is 16.2. The monoisotopic (exact) mass is 388 g/mol. The predicted octanol–water partition coefficient (Wildman–Crippen LogP) is 3.49. The smallest absolute Gasteiger partial charge is 0.254 e. The molecule has 0 radical (unpaired) electrons. The third-order valence-corrected chi connectivity index (χ3v) is 4.81. The van der Waals surface area contributed by atoms with Gasteiger partial charge in [-0.15, -0.1) is 0 Å². The molecule has 7 heteroatoms. The highest BCUT2D eigenvalue weighted by atomic mass is 16.5. The fourth-order valence-electron chi connectivity index (χ4n) is 3.24. The second-order valence-corrected chi connectivity index (χ2v) is 6.73. The van der Waals surface area contributed by atoms with Crippen LogP contribution in [0.1, 0.15) is 27.5 Å². The minimum Gasteiger partial charge on any atom is -0.497 e. The van der Waals surface area contributed by atoms with Gasteiger partial charge in [0.15, 0.2) is 0 Å². The van der Waals surface area contributed by atoms with Crippen molar-refractivity contribution in [3.8, 4) is 17.0 Å². The molecule has 0 aliphatic heterocycles. The van der Waals surface area contributed by atoms with Crippen molar-refractivity contribution in [2.24, 2.45) is 5.73 Å². The van der Waals surface area contributed by atoms with E-state index in [1.807, 2.05) is 42.5 Å². The Morgan fingerprint density at radius 1 is 1.14 bits per heavy atom. The van der Waals surface area contributed by atoms with Gasteiger partial charge in [-0.1, -0.05) is 29.4 Å². The summed E-state index contributed by atoms with van der Waals surface area (Å²) in [5.74, 6) is 1.41. The molecule has 0 saturated carbocycles. The molecule has 29 heavy (non-hydrogen) atoms. The second-order valence-electron chi connectivity index (χ2n) is 6.73. The van der Waals surface area contributed by atoms with Gasteiger partial charge in [0, 0.05) is 23.6 Å². The molecule has 2 aromatic carbocycles. The minimum atomic E-state index is -0.568. The fraction of sp³-hybridized carbons (Fsp3) is 0.182. The first-order chi connectivity index (χ1) is 14.0. The first kappa shape index (κ1) is 18.6. The third-order valence-electron chi connectivity index (χ3n) is 4.81. The summed E-state index contributed by atoms with van der Waals surface area (Å²) in [6.45, 7) is 1.66. The zero-order valence-corrected chi connectivity index (χ0v) is 16.2. The maximum absolute atomic E-state index is 11.7. The summed E-state index contributed by atoms with van der Waals surface area (Å²) >= 11 is 0. The number of methoxy groups -OCH3 is 1. The lowest BCUT2D eigenvalue weighted by molar-refractivity contribution is 0.0999. The summed E-state index contributed by atoms with van der Waals surface area (Å²) in [6, 6.07) is 13.6. The molecule has 2 heterocycles. The molecule has 0 fully saturated rings. The summed E-state index contributed by atoms with van der Waals surface area (Å²) in [5.41, 5.74) is 8.88. The van der Waals surface area contributed by atoms with Crippen LogP contribution in [0.2, 0.25) is 0 Å². The highest BCUT2D eigenvalue weighted by molar-refractivity contribution is 6.00. The SMILES string of the molecule is COc1ccc(CCc2ncc3ccc(-c4noc(C)c4C(N)=O)cc3n2)cc1. The number of benzene rings is 2. The lowest BCUT2D eigenvalue weighted by atomic mass is 10.0. The maximum atomic E-state index is 11.7. The van der Waals surface area contributed by atoms with Crippen LogP contribution in [0.4, 0.5) is 0 Å². The molecule has 0 unspecified atom stereocenters. The van der Waals surface area contributed by atoms with Gasteiger partial charge in [-0.2, -0.15) is 0 Å². The van der Waals surface area contributed by atoms with E-state index in [4.69, 9.17) is 15.0 Å². The summed E-state index contributed by atoms with van der Waals surface area (Å²) in [5, 5.41) is 4.90. The van der Waals surface area contributed by atoms with Crippen molar-refractivity contribution in [3.05, 3.63) is 71.4 Å². The number of hydrogen-bond donors (Lipinski definition) is 1. The van der Waals surface area contributed by atoms with Crippen molar-refractivity contribution in [3.63, 3.8) is 0 Å². The van der Waals surface area contributed by atoms with Crippen LogP contribution in [-0.4, -0.2) is 28.1 Å². The molecule has 4 aromatic rings. The van der Waals surface area contributed by atoms with E-state index in [0.29, 0.717) is 17.9 Å². The van der Waals surface area contributed by atoms with E-state index in [-0.39, 0.29) is 5.56 Å². The van der Waals surface area contributed by atoms with Crippen LogP contribution >= 0.6 is 0 Å². The topological polar surface area (TPSA) is 104 Å². The molecular formula is C22H20N4O3. The molecule has 0 atom stereocenters. The van der Waals surface area contributed by atoms with Crippen molar-refractivity contribution in [2.45, 2.75) is 19.8 Å². The average molecular weight is 388 g/mol. The number of amides is 1. The molecule has 2 N–H and O–H groups in total. The molecule has 0 saturated heterocycles. The van der Waals surface area contributed by atoms with Crippen molar-refractivity contribution < 1.29 is 14.1 Å². The maximum Gasteiger partial charge on any atom is 0.254 e. The molecule has 0 spiro atoms. The Balaban J connectivity index is 1.60. The van der Waals surface area contributed by atoms with E-state index < -0.39 is 5.91 Å². The quantitative estimate of drug-likeness (QED) is 0.542. The molecule has 0 aliphatic rings. The van der Waals surface area contributed by atoms with E-state index in [9.17, 15) is 4.79 Å². The standard InChI is InChI=1S/C22H20N4O3/c1-13-20(22(23)27)21(26-29-13)15-6-7-16-12-24-19(25-18(16)11-15)10-5-14-3-8-17(28-2)9-4-14/h3-4,6-9,11-12H,5,10H2,1-2H3,(H2,23,27). The number of rotatable bonds is 6. The van der Waals surface area contributed by atoms with Crippen LogP contribution in [0.3, 0.4) is 0 Å². The fourth-order valence-corrected chi connectivity index (χ4v) is 3.24. The number of aryl methyl sites for hydroxylation is 3. The number of aromatic nitrogens is 3. The van der Waals surface area contributed by atoms with Gasteiger partial charge < -0.3 is 15.0 Å². The highest BCUT2D eigenvalue weighted by Gasteiger charge is 2.19. The van der Waals surface area contributed by atoms with Gasteiger partial charge in [0.05, 0.1) is 12.6 Å². The third kappa shape index (κ3) is 3.80. The average Bonchev–Trinajstić information content (AvgIpc) is 3.13. The van der Waals surface area contributed by atoms with Crippen LogP contribution in [0.15, 0.2) is 53.2 Å². The number of hydrogen-bond acceptors (Lipinski definition) is 6. The first-order valence-electron chi connectivity index (χ1n) is 9.20. The molecule has 1 amide bonds. The molecule has 2 aromatic heterocycles. The Labute approximate surface area is 167 Å². The summed E-state index contributed by atoms with van der Waals surface area (Å²) in [6.07, 6.45) is 3.34. The van der Waals surface area contributed by atoms with Crippen LogP contribution in [0.25, 0.3) is 22.2 Å². The Morgan fingerprint density at radius 3 is 2.66 bits per heavy atom. The van der Waals surface area contributed by atoms with E-state index >= 15 is 0 Å². The Morgan fingerprint density at radius 2 is 1.93 bits per heavy atom. The number of primary amides is 1. The molecule has 0 bridgehead atoms. The van der Waals surface area contributed by atoms with Crippen molar-refractivity contribution >= 4 is 16.8 Å². The number of nitrogens with zero attached hydrogens (tertiary/aromatic N) is 3. The number of nitrogens with two attached hydrogens (primary N) is 1. The van der Waals surface area contributed by atoms with Crippen LogP contribution < -0.4 is 10.5 Å². The van der Waals surface area contributed by atoms with Gasteiger partial charge in [-0.05, 0) is 37.1 Å². The Bertz CT molecular complexity index is 1180. The minimum absolute atomic E-state index is 0.290. The Hall–Kier alpha value is -3.74. The van der Waals surface area contributed by atoms with Gasteiger partial charge in [0.25, 0.3) is 5.91 Å². The zero-order chi connectivity index (χ0) is 20.4. The van der Waals surface area contributed by atoms with Crippen LogP contribution in [0.5, 0.6) is 5.75 Å². The molecular weight excluding hydrogens is 368 g/mol. The summed E-state index contributed by atoms with van der Waals surface area (Å²) in [4.78, 5) is 20.9. The molecule has 7 nitrogen and oxygen atoms in total. The van der Waals surface area contributed by atoms with Crippen molar-refractivity contribution in [2.75, 3.05) is 7.11 Å². The second kappa shape index (κ2) is 7.71. The number of carbonyl (C=O) groups is 1. The van der Waals surface area contributed by atoms with Gasteiger partial charge >= 0.3 is 0 Å². The normalized spacial score (nSPS) is 11.0. The van der Waals surface area contributed by atoms with E-state index in [2.05, 4.69) is 15.1 Å². The molecule has 146 valence electrons. The van der Waals surface area contributed by atoms with Crippen molar-refractivity contribution in [1.82, 2.24) is 15.1 Å². The Kier molecular flexibility index (Phi) is 4.95. The van der Waals surface area contributed by atoms with Crippen molar-refractivity contribution in [1.29, 1.82) is 0 Å². The van der Waals surface area contributed by atoms with Gasteiger partial charge in [-0.25, -0.2) is 9.97 Å². The summed E-state index contributed by atoms with van der Waals surface area (Å²) in [7, 11) is 1.65. The van der Waals surface area contributed by atoms with E-state index in [1.165, 1.54) is 5.56 Å². The van der Waals surface area contributed by atoms with Gasteiger partial charge in [0.2, 0.25) is 0 Å². The number of ether oxygens (including phenoxy) is 1. The van der Waals surface area contributed by atoms with E-state index in [0.717, 1.165) is 34.5 Å². The number of carbonyl (C=O) groups excluding carboxylic acids is 1. The molecule has 0 aliphatic carbocycles. The van der Waals surface area contributed by atoms with Gasteiger partial charge in [-0.3, -0.25) is 4.79 Å². The lowest BCUT2D eigenvalue weighted by Gasteiger charge is -2.06.